The Morgan fingerprint density at radius 1 is 1.33 bits per heavy atom. The highest BCUT2D eigenvalue weighted by molar-refractivity contribution is 7.89. The summed E-state index contributed by atoms with van der Waals surface area (Å²) in [6.45, 7) is 5.61. The fourth-order valence-corrected chi connectivity index (χ4v) is 3.94. The van der Waals surface area contributed by atoms with Crippen LogP contribution in [0.15, 0.2) is 29.2 Å². The smallest absolute Gasteiger partial charge is 0.241 e. The zero-order valence-electron chi connectivity index (χ0n) is 10.8. The summed E-state index contributed by atoms with van der Waals surface area (Å²) in [4.78, 5) is 0.385. The molecule has 0 bridgehead atoms. The maximum absolute atomic E-state index is 12.3. The van der Waals surface area contributed by atoms with Gasteiger partial charge in [0.1, 0.15) is 0 Å². The molecule has 0 radical (unpaired) electrons. The van der Waals surface area contributed by atoms with E-state index in [9.17, 15) is 8.42 Å². The standard InChI is InChI=1S/C13H20N2O2S/c1-10-5-3-4-6-13(10)18(16,17)15-12-7-8-14-9-11(12)2/h3-6,11-12,14-15H,7-9H2,1-2H3. The molecule has 0 amide bonds. The van der Waals surface area contributed by atoms with Crippen molar-refractivity contribution in [2.45, 2.75) is 31.2 Å². The molecule has 0 aromatic heterocycles. The van der Waals surface area contributed by atoms with Crippen molar-refractivity contribution in [1.82, 2.24) is 10.0 Å². The van der Waals surface area contributed by atoms with Gasteiger partial charge in [0.15, 0.2) is 0 Å². The second-order valence-electron chi connectivity index (χ2n) is 4.96. The average Bonchev–Trinajstić information content (AvgIpc) is 2.32. The summed E-state index contributed by atoms with van der Waals surface area (Å²) in [5, 5.41) is 3.27. The summed E-state index contributed by atoms with van der Waals surface area (Å²) in [6.07, 6.45) is 0.840. The first kappa shape index (κ1) is 13.5. The molecule has 100 valence electrons. The number of nitrogens with one attached hydrogen (secondary N) is 2. The van der Waals surface area contributed by atoms with Crippen molar-refractivity contribution in [3.05, 3.63) is 29.8 Å². The molecule has 0 saturated carbocycles. The molecular formula is C13H20N2O2S. The molecule has 1 fully saturated rings. The van der Waals surface area contributed by atoms with Gasteiger partial charge in [-0.05, 0) is 44.0 Å². The number of piperidine rings is 1. The van der Waals surface area contributed by atoms with E-state index < -0.39 is 10.0 Å². The summed E-state index contributed by atoms with van der Waals surface area (Å²) < 4.78 is 27.5. The van der Waals surface area contributed by atoms with E-state index in [1.165, 1.54) is 0 Å². The van der Waals surface area contributed by atoms with Crippen LogP contribution in [0.1, 0.15) is 18.9 Å². The normalized spacial score (nSPS) is 25.0. The molecule has 2 atom stereocenters. The minimum absolute atomic E-state index is 0.0239. The molecule has 5 heteroatoms. The number of sulfonamides is 1. The summed E-state index contributed by atoms with van der Waals surface area (Å²) in [7, 11) is -3.40. The van der Waals surface area contributed by atoms with Gasteiger partial charge in [0, 0.05) is 6.04 Å². The largest absolute Gasteiger partial charge is 0.316 e. The highest BCUT2D eigenvalue weighted by atomic mass is 32.2. The molecule has 1 aromatic rings. The molecule has 18 heavy (non-hydrogen) atoms. The van der Waals surface area contributed by atoms with Crippen LogP contribution in [0.25, 0.3) is 0 Å². The van der Waals surface area contributed by atoms with Gasteiger partial charge in [0.2, 0.25) is 10.0 Å². The Morgan fingerprint density at radius 3 is 2.72 bits per heavy atom. The molecule has 2 N–H and O–H groups in total. The fraction of sp³-hybridized carbons (Fsp3) is 0.538. The molecule has 0 aliphatic carbocycles. The van der Waals surface area contributed by atoms with Gasteiger partial charge in [0.05, 0.1) is 4.90 Å². The third-order valence-corrected chi connectivity index (χ3v) is 5.13. The second-order valence-corrected chi connectivity index (χ2v) is 6.65. The molecule has 1 aliphatic rings. The van der Waals surface area contributed by atoms with E-state index in [1.54, 1.807) is 12.1 Å². The monoisotopic (exact) mass is 268 g/mol. The van der Waals surface area contributed by atoms with Crippen molar-refractivity contribution >= 4 is 10.0 Å². The quantitative estimate of drug-likeness (QED) is 0.868. The Kier molecular flexibility index (Phi) is 4.04. The number of benzene rings is 1. The van der Waals surface area contributed by atoms with E-state index in [1.807, 2.05) is 19.1 Å². The Balaban J connectivity index is 2.19. The summed E-state index contributed by atoms with van der Waals surface area (Å²) >= 11 is 0. The van der Waals surface area contributed by atoms with Crippen LogP contribution in [-0.4, -0.2) is 27.5 Å². The predicted molar refractivity (Wildman–Crippen MR) is 71.9 cm³/mol. The van der Waals surface area contributed by atoms with Crippen LogP contribution in [0.2, 0.25) is 0 Å². The molecule has 2 rings (SSSR count). The Labute approximate surface area is 109 Å². The third kappa shape index (κ3) is 2.91. The molecule has 0 spiro atoms. The first-order chi connectivity index (χ1) is 8.50. The minimum Gasteiger partial charge on any atom is -0.316 e. The first-order valence-corrected chi connectivity index (χ1v) is 7.78. The van der Waals surface area contributed by atoms with Gasteiger partial charge in [-0.1, -0.05) is 25.1 Å². The topological polar surface area (TPSA) is 58.2 Å². The van der Waals surface area contributed by atoms with Crippen LogP contribution in [0.5, 0.6) is 0 Å². The van der Waals surface area contributed by atoms with Gasteiger partial charge in [-0.2, -0.15) is 0 Å². The highest BCUT2D eigenvalue weighted by Crippen LogP contribution is 2.18. The summed E-state index contributed by atoms with van der Waals surface area (Å²) in [5.41, 5.74) is 0.784. The summed E-state index contributed by atoms with van der Waals surface area (Å²) in [5.74, 6) is 0.317. The zero-order valence-corrected chi connectivity index (χ0v) is 11.6. The van der Waals surface area contributed by atoms with Crippen molar-refractivity contribution in [1.29, 1.82) is 0 Å². The van der Waals surface area contributed by atoms with Crippen LogP contribution >= 0.6 is 0 Å². The van der Waals surface area contributed by atoms with Gasteiger partial charge < -0.3 is 5.32 Å². The van der Waals surface area contributed by atoms with Gasteiger partial charge in [0.25, 0.3) is 0 Å². The van der Waals surface area contributed by atoms with Gasteiger partial charge in [-0.15, -0.1) is 0 Å². The first-order valence-electron chi connectivity index (χ1n) is 6.29. The number of hydrogen-bond acceptors (Lipinski definition) is 3. The van der Waals surface area contributed by atoms with E-state index in [2.05, 4.69) is 17.0 Å². The number of hydrogen-bond donors (Lipinski definition) is 2. The SMILES string of the molecule is Cc1ccccc1S(=O)(=O)NC1CCNCC1C. The molecule has 1 heterocycles. The summed E-state index contributed by atoms with van der Waals surface area (Å²) in [6, 6.07) is 7.11. The third-order valence-electron chi connectivity index (χ3n) is 3.47. The van der Waals surface area contributed by atoms with E-state index in [-0.39, 0.29) is 6.04 Å². The van der Waals surface area contributed by atoms with Gasteiger partial charge >= 0.3 is 0 Å². The van der Waals surface area contributed by atoms with Crippen LogP contribution in [0, 0.1) is 12.8 Å². The number of aryl methyl sites for hydroxylation is 1. The van der Waals surface area contributed by atoms with Crippen molar-refractivity contribution in [2.75, 3.05) is 13.1 Å². The molecule has 1 saturated heterocycles. The van der Waals surface area contributed by atoms with Gasteiger partial charge in [-0.25, -0.2) is 13.1 Å². The maximum Gasteiger partial charge on any atom is 0.241 e. The van der Waals surface area contributed by atoms with Crippen molar-refractivity contribution in [3.8, 4) is 0 Å². The maximum atomic E-state index is 12.3. The van der Waals surface area contributed by atoms with Crippen LogP contribution in [0.4, 0.5) is 0 Å². The van der Waals surface area contributed by atoms with Gasteiger partial charge in [-0.3, -0.25) is 0 Å². The fourth-order valence-electron chi connectivity index (χ4n) is 2.31. The number of rotatable bonds is 3. The van der Waals surface area contributed by atoms with Crippen molar-refractivity contribution in [2.24, 2.45) is 5.92 Å². The molecule has 1 aliphatic heterocycles. The van der Waals surface area contributed by atoms with E-state index in [0.717, 1.165) is 25.1 Å². The minimum atomic E-state index is -3.40. The second kappa shape index (κ2) is 5.38. The van der Waals surface area contributed by atoms with Crippen molar-refractivity contribution in [3.63, 3.8) is 0 Å². The van der Waals surface area contributed by atoms with Crippen molar-refractivity contribution < 1.29 is 8.42 Å². The lowest BCUT2D eigenvalue weighted by Gasteiger charge is -2.30. The van der Waals surface area contributed by atoms with E-state index in [4.69, 9.17) is 0 Å². The zero-order chi connectivity index (χ0) is 13.2. The predicted octanol–water partition coefficient (Wildman–Crippen LogP) is 1.27. The van der Waals surface area contributed by atoms with E-state index >= 15 is 0 Å². The molecule has 1 aromatic carbocycles. The van der Waals surface area contributed by atoms with E-state index in [0.29, 0.717) is 10.8 Å². The molecule has 4 nitrogen and oxygen atoms in total. The molecular weight excluding hydrogens is 248 g/mol. The lowest BCUT2D eigenvalue weighted by molar-refractivity contribution is 0.328. The Bertz CT molecular complexity index is 513. The lowest BCUT2D eigenvalue weighted by atomic mass is 9.97. The van der Waals surface area contributed by atoms with Crippen LogP contribution in [-0.2, 0) is 10.0 Å². The van der Waals surface area contributed by atoms with Crippen LogP contribution in [0.3, 0.4) is 0 Å². The lowest BCUT2D eigenvalue weighted by Crippen LogP contribution is -2.48. The Hall–Kier alpha value is -0.910. The molecule has 2 unspecified atom stereocenters. The highest BCUT2D eigenvalue weighted by Gasteiger charge is 2.27. The Morgan fingerprint density at radius 2 is 2.06 bits per heavy atom. The average molecular weight is 268 g/mol. The van der Waals surface area contributed by atoms with Crippen LogP contribution < -0.4 is 10.0 Å².